The number of carbonyl (C=O) groups is 3. The van der Waals surface area contributed by atoms with Gasteiger partial charge in [0.1, 0.15) is 12.5 Å². The summed E-state index contributed by atoms with van der Waals surface area (Å²) in [6.45, 7) is 7.30. The summed E-state index contributed by atoms with van der Waals surface area (Å²) in [7, 11) is 0. The number of carbonyl (C=O) groups excluding carboxylic acids is 3. The second kappa shape index (κ2) is 12.7. The highest BCUT2D eigenvalue weighted by atomic mass is 19.4. The first-order valence-electron chi connectivity index (χ1n) is 13.3. The van der Waals surface area contributed by atoms with Gasteiger partial charge in [-0.25, -0.2) is 4.79 Å². The lowest BCUT2D eigenvalue weighted by atomic mass is 9.75. The second-order valence-electron chi connectivity index (χ2n) is 9.83. The largest absolute Gasteiger partial charge is 0.465 e. The maximum atomic E-state index is 13.6. The van der Waals surface area contributed by atoms with Crippen LogP contribution in [0.2, 0.25) is 0 Å². The summed E-state index contributed by atoms with van der Waals surface area (Å²) in [5.74, 6) is -3.52. The molecule has 0 saturated carbocycles. The Labute approximate surface area is 235 Å². The lowest BCUT2D eigenvalue weighted by molar-refractivity contribution is -0.146. The van der Waals surface area contributed by atoms with Crippen molar-refractivity contribution in [2.45, 2.75) is 32.9 Å². The minimum atomic E-state index is -4.61. The third-order valence-electron chi connectivity index (χ3n) is 7.19. The van der Waals surface area contributed by atoms with Crippen molar-refractivity contribution >= 4 is 23.6 Å². The molecule has 0 radical (unpaired) electrons. The highest BCUT2D eigenvalue weighted by Crippen LogP contribution is 2.41. The number of allylic oxidation sites excluding steroid dienone is 1. The van der Waals surface area contributed by atoms with Crippen molar-refractivity contribution in [1.29, 1.82) is 0 Å². The number of hydrogen-bond acceptors (Lipinski definition) is 8. The summed E-state index contributed by atoms with van der Waals surface area (Å²) >= 11 is 0. The molecule has 0 aliphatic carbocycles. The van der Waals surface area contributed by atoms with Gasteiger partial charge in [-0.2, -0.15) is 13.2 Å². The van der Waals surface area contributed by atoms with Crippen LogP contribution in [0.4, 0.5) is 13.2 Å². The van der Waals surface area contributed by atoms with Crippen LogP contribution in [0.25, 0.3) is 0 Å². The molecule has 1 saturated heterocycles. The molecular formula is C29H32F3N3O6. The Hall–Kier alpha value is -3.93. The fourth-order valence-corrected chi connectivity index (χ4v) is 5.18. The number of hydrogen-bond donors (Lipinski definition) is 0. The zero-order chi connectivity index (χ0) is 29.7. The van der Waals surface area contributed by atoms with E-state index < -0.39 is 35.5 Å². The molecule has 9 nitrogen and oxygen atoms in total. The normalized spacial score (nSPS) is 20.0. The van der Waals surface area contributed by atoms with E-state index in [4.69, 9.17) is 13.9 Å². The SMILES string of the molecule is CCOC(=O)C1C(C)=NC(C)=C(C(=O)OCCN2CCN(C(=O)c3ccco3)CC2)C1c1cccc(C(F)(F)F)c1. The van der Waals surface area contributed by atoms with Crippen LogP contribution >= 0.6 is 0 Å². The summed E-state index contributed by atoms with van der Waals surface area (Å²) < 4.78 is 56.6. The van der Waals surface area contributed by atoms with Crippen molar-refractivity contribution in [1.82, 2.24) is 9.80 Å². The van der Waals surface area contributed by atoms with Gasteiger partial charge in [-0.3, -0.25) is 19.5 Å². The molecule has 1 fully saturated rings. The number of amides is 1. The van der Waals surface area contributed by atoms with Gasteiger partial charge >= 0.3 is 18.1 Å². The van der Waals surface area contributed by atoms with E-state index in [1.54, 1.807) is 37.8 Å². The van der Waals surface area contributed by atoms with E-state index in [1.165, 1.54) is 18.4 Å². The molecule has 1 aromatic carbocycles. The van der Waals surface area contributed by atoms with Crippen LogP contribution in [-0.2, 0) is 25.2 Å². The molecule has 2 aliphatic rings. The van der Waals surface area contributed by atoms with E-state index in [9.17, 15) is 27.6 Å². The predicted octanol–water partition coefficient (Wildman–Crippen LogP) is 4.31. The summed E-state index contributed by atoms with van der Waals surface area (Å²) in [6.07, 6.45) is -3.17. The number of rotatable bonds is 8. The monoisotopic (exact) mass is 575 g/mol. The first-order chi connectivity index (χ1) is 19.5. The zero-order valence-electron chi connectivity index (χ0n) is 23.1. The van der Waals surface area contributed by atoms with Gasteiger partial charge in [0.2, 0.25) is 0 Å². The number of aliphatic imine (C=N–C) groups is 1. The third kappa shape index (κ3) is 6.87. The Morgan fingerprint density at radius 1 is 1.05 bits per heavy atom. The zero-order valence-corrected chi connectivity index (χ0v) is 23.1. The fourth-order valence-electron chi connectivity index (χ4n) is 5.18. The average Bonchev–Trinajstić information content (AvgIpc) is 3.47. The molecule has 2 aromatic rings. The van der Waals surface area contributed by atoms with Gasteiger partial charge in [-0.15, -0.1) is 0 Å². The summed E-state index contributed by atoms with van der Waals surface area (Å²) in [4.78, 5) is 47.0. The first kappa shape index (κ1) is 30.0. The molecule has 0 spiro atoms. The lowest BCUT2D eigenvalue weighted by Crippen LogP contribution is -2.49. The van der Waals surface area contributed by atoms with Gasteiger partial charge in [0.25, 0.3) is 5.91 Å². The van der Waals surface area contributed by atoms with Crippen LogP contribution in [0.3, 0.4) is 0 Å². The van der Waals surface area contributed by atoms with Crippen molar-refractivity contribution in [3.05, 3.63) is 70.8 Å². The first-order valence-corrected chi connectivity index (χ1v) is 13.3. The fraction of sp³-hybridized carbons (Fsp3) is 0.448. The second-order valence-corrected chi connectivity index (χ2v) is 9.83. The number of benzene rings is 1. The number of nitrogens with zero attached hydrogens (tertiary/aromatic N) is 3. The van der Waals surface area contributed by atoms with Crippen LogP contribution in [0.15, 0.2) is 63.3 Å². The molecule has 2 unspecified atom stereocenters. The van der Waals surface area contributed by atoms with Crippen molar-refractivity contribution in [3.63, 3.8) is 0 Å². The van der Waals surface area contributed by atoms with Gasteiger partial charge < -0.3 is 18.8 Å². The Bertz CT molecular complexity index is 1330. The number of furan rings is 1. The van der Waals surface area contributed by atoms with Crippen molar-refractivity contribution in [2.24, 2.45) is 10.9 Å². The van der Waals surface area contributed by atoms with E-state index in [1.807, 2.05) is 4.90 Å². The molecule has 1 amide bonds. The highest BCUT2D eigenvalue weighted by molar-refractivity contribution is 6.07. The third-order valence-corrected chi connectivity index (χ3v) is 7.19. The molecule has 2 atom stereocenters. The van der Waals surface area contributed by atoms with Crippen LogP contribution in [0.5, 0.6) is 0 Å². The molecule has 1 aromatic heterocycles. The average molecular weight is 576 g/mol. The maximum absolute atomic E-state index is 13.6. The number of piperazine rings is 1. The lowest BCUT2D eigenvalue weighted by Gasteiger charge is -2.34. The molecule has 0 N–H and O–H groups in total. The van der Waals surface area contributed by atoms with Crippen LogP contribution < -0.4 is 0 Å². The highest BCUT2D eigenvalue weighted by Gasteiger charge is 2.43. The van der Waals surface area contributed by atoms with Gasteiger partial charge in [-0.05, 0) is 44.5 Å². The number of alkyl halides is 3. The summed E-state index contributed by atoms with van der Waals surface area (Å²) in [5, 5.41) is 0. The topological polar surface area (TPSA) is 102 Å². The Morgan fingerprint density at radius 3 is 2.41 bits per heavy atom. The molecule has 2 aliphatic heterocycles. The number of halogens is 3. The Kier molecular flexibility index (Phi) is 9.31. The predicted molar refractivity (Wildman–Crippen MR) is 142 cm³/mol. The Balaban J connectivity index is 1.47. The molecule has 0 bridgehead atoms. The molecule has 220 valence electrons. The van der Waals surface area contributed by atoms with Crippen LogP contribution in [0.1, 0.15) is 48.4 Å². The van der Waals surface area contributed by atoms with Crippen molar-refractivity contribution < 1.29 is 41.4 Å². The Morgan fingerprint density at radius 2 is 1.78 bits per heavy atom. The molecule has 12 heteroatoms. The molecule has 4 rings (SSSR count). The van der Waals surface area contributed by atoms with Gasteiger partial charge in [0.05, 0.1) is 24.0 Å². The van der Waals surface area contributed by atoms with Gasteiger partial charge in [0.15, 0.2) is 5.76 Å². The van der Waals surface area contributed by atoms with E-state index in [0.29, 0.717) is 38.4 Å². The quantitative estimate of drug-likeness (QED) is 0.433. The van der Waals surface area contributed by atoms with E-state index in [0.717, 1.165) is 12.1 Å². The minimum absolute atomic E-state index is 0.00379. The van der Waals surface area contributed by atoms with Crippen molar-refractivity contribution in [3.8, 4) is 0 Å². The molecule has 3 heterocycles. The standard InChI is InChI=1S/C29H32F3N3O6/c1-4-39-27(37)23-18(2)33-19(3)24(25(23)20-7-5-8-21(17-20)29(30,31)32)28(38)41-16-14-34-10-12-35(13-11-34)26(36)22-9-6-15-40-22/h5-9,15,17,23,25H,4,10-14,16H2,1-3H3. The molecule has 41 heavy (non-hydrogen) atoms. The smallest absolute Gasteiger partial charge is 0.416 e. The van der Waals surface area contributed by atoms with E-state index >= 15 is 0 Å². The van der Waals surface area contributed by atoms with Crippen LogP contribution in [-0.4, -0.2) is 79.3 Å². The van der Waals surface area contributed by atoms with E-state index in [-0.39, 0.29) is 41.7 Å². The summed E-state index contributed by atoms with van der Waals surface area (Å²) in [6, 6.07) is 7.84. The maximum Gasteiger partial charge on any atom is 0.416 e. The minimum Gasteiger partial charge on any atom is -0.465 e. The van der Waals surface area contributed by atoms with Gasteiger partial charge in [0, 0.05) is 50.1 Å². The number of esters is 2. The van der Waals surface area contributed by atoms with Gasteiger partial charge in [-0.1, -0.05) is 18.2 Å². The van der Waals surface area contributed by atoms with Crippen molar-refractivity contribution in [2.75, 3.05) is 45.9 Å². The van der Waals surface area contributed by atoms with Crippen LogP contribution in [0, 0.1) is 5.92 Å². The summed E-state index contributed by atoms with van der Waals surface area (Å²) in [5.41, 5.74) is -0.146. The molecular weight excluding hydrogens is 543 g/mol. The van der Waals surface area contributed by atoms with E-state index in [2.05, 4.69) is 4.99 Å². The number of ether oxygens (including phenoxy) is 2.